The van der Waals surface area contributed by atoms with Gasteiger partial charge in [-0.15, -0.1) is 0 Å². The monoisotopic (exact) mass is 437 g/mol. The van der Waals surface area contributed by atoms with Crippen molar-refractivity contribution >= 4 is 34.9 Å². The number of benzene rings is 3. The molecule has 1 aliphatic rings. The molecular weight excluding hydrogens is 417 g/mol. The summed E-state index contributed by atoms with van der Waals surface area (Å²) in [6.45, 7) is 1.58. The highest BCUT2D eigenvalue weighted by atomic mass is 35.5. The second-order valence-corrected chi connectivity index (χ2v) is 7.73. The number of rotatable bonds is 5. The zero-order valence-electron chi connectivity index (χ0n) is 16.7. The second-order valence-electron chi connectivity index (χ2n) is 7.32. The van der Waals surface area contributed by atoms with Crippen LogP contribution in [-0.2, 0) is 6.54 Å². The minimum absolute atomic E-state index is 0.122. The fourth-order valence-corrected chi connectivity index (χ4v) is 3.81. The molecule has 0 aliphatic carbocycles. The number of carbonyl (C=O) groups excluding carboxylic acids is 2. The summed E-state index contributed by atoms with van der Waals surface area (Å²) in [4.78, 5) is 28.8. The SMILES string of the molecule is O=C(Nc1ccc(N2CCCN(Cc3cccc(F)c3)C2=O)cc1)c1ccccc1Cl. The minimum Gasteiger partial charge on any atom is -0.322 e. The number of carbonyl (C=O) groups is 2. The Kier molecular flexibility index (Phi) is 6.18. The molecule has 0 aromatic heterocycles. The lowest BCUT2D eigenvalue weighted by molar-refractivity contribution is 0.102. The Morgan fingerprint density at radius 1 is 1.00 bits per heavy atom. The van der Waals surface area contributed by atoms with Crippen molar-refractivity contribution < 1.29 is 14.0 Å². The molecule has 3 aromatic carbocycles. The third kappa shape index (κ3) is 4.86. The number of amides is 3. The van der Waals surface area contributed by atoms with E-state index in [1.165, 1.54) is 12.1 Å². The van der Waals surface area contributed by atoms with Gasteiger partial charge in [0.05, 0.1) is 10.6 Å². The molecule has 0 bridgehead atoms. The maximum atomic E-state index is 13.5. The van der Waals surface area contributed by atoms with Gasteiger partial charge in [-0.2, -0.15) is 0 Å². The smallest absolute Gasteiger partial charge is 0.322 e. The zero-order valence-corrected chi connectivity index (χ0v) is 17.5. The molecule has 31 heavy (non-hydrogen) atoms. The summed E-state index contributed by atoms with van der Waals surface area (Å²) < 4.78 is 13.5. The molecule has 5 nitrogen and oxygen atoms in total. The van der Waals surface area contributed by atoms with Crippen LogP contribution in [0.25, 0.3) is 0 Å². The number of nitrogens with zero attached hydrogens (tertiary/aromatic N) is 2. The fourth-order valence-electron chi connectivity index (χ4n) is 3.59. The van der Waals surface area contributed by atoms with Crippen molar-refractivity contribution in [1.29, 1.82) is 0 Å². The molecule has 7 heteroatoms. The second kappa shape index (κ2) is 9.18. The Hall–Kier alpha value is -3.38. The van der Waals surface area contributed by atoms with E-state index in [1.807, 2.05) is 6.07 Å². The summed E-state index contributed by atoms with van der Waals surface area (Å²) in [6.07, 6.45) is 0.812. The van der Waals surface area contributed by atoms with Gasteiger partial charge >= 0.3 is 6.03 Å². The van der Waals surface area contributed by atoms with E-state index >= 15 is 0 Å². The molecule has 0 unspecified atom stereocenters. The Morgan fingerprint density at radius 3 is 2.52 bits per heavy atom. The quantitative estimate of drug-likeness (QED) is 0.567. The summed E-state index contributed by atoms with van der Waals surface area (Å²) in [5.74, 6) is -0.609. The molecule has 1 heterocycles. The van der Waals surface area contributed by atoms with Crippen molar-refractivity contribution in [3.05, 3.63) is 94.8 Å². The largest absolute Gasteiger partial charge is 0.324 e. The molecule has 4 rings (SSSR count). The van der Waals surface area contributed by atoms with Gasteiger partial charge in [-0.05, 0) is 60.5 Å². The lowest BCUT2D eigenvalue weighted by Gasteiger charge is -2.35. The molecule has 3 amide bonds. The lowest BCUT2D eigenvalue weighted by Crippen LogP contribution is -2.49. The van der Waals surface area contributed by atoms with Crippen LogP contribution in [0, 0.1) is 5.82 Å². The fraction of sp³-hybridized carbons (Fsp3) is 0.167. The predicted molar refractivity (Wildman–Crippen MR) is 120 cm³/mol. The van der Waals surface area contributed by atoms with Gasteiger partial charge in [0.25, 0.3) is 5.91 Å². The van der Waals surface area contributed by atoms with Crippen molar-refractivity contribution in [3.63, 3.8) is 0 Å². The van der Waals surface area contributed by atoms with Gasteiger partial charge in [0.2, 0.25) is 0 Å². The van der Waals surface area contributed by atoms with Crippen molar-refractivity contribution in [2.75, 3.05) is 23.3 Å². The van der Waals surface area contributed by atoms with Gasteiger partial charge in [0, 0.05) is 31.0 Å². The number of halogens is 2. The van der Waals surface area contributed by atoms with Crippen molar-refractivity contribution in [3.8, 4) is 0 Å². The van der Waals surface area contributed by atoms with Crippen molar-refractivity contribution in [2.24, 2.45) is 0 Å². The van der Waals surface area contributed by atoms with Crippen LogP contribution in [0.1, 0.15) is 22.3 Å². The van der Waals surface area contributed by atoms with E-state index in [0.717, 1.165) is 17.7 Å². The molecule has 0 spiro atoms. The normalized spacial score (nSPS) is 13.9. The predicted octanol–water partition coefficient (Wildman–Crippen LogP) is 5.56. The van der Waals surface area contributed by atoms with Gasteiger partial charge in [-0.1, -0.05) is 35.9 Å². The minimum atomic E-state index is -0.312. The van der Waals surface area contributed by atoms with Crippen LogP contribution in [0.3, 0.4) is 0 Å². The molecule has 0 radical (unpaired) electrons. The Balaban J connectivity index is 1.44. The lowest BCUT2D eigenvalue weighted by atomic mass is 10.1. The molecule has 158 valence electrons. The maximum absolute atomic E-state index is 13.5. The standard InChI is InChI=1S/C24H21ClFN3O2/c25-22-8-2-1-7-21(22)23(30)27-19-9-11-20(12-10-19)29-14-4-13-28(24(29)31)16-17-5-3-6-18(26)15-17/h1-3,5-12,15H,4,13-14,16H2,(H,27,30). The van der Waals surface area contributed by atoms with E-state index in [9.17, 15) is 14.0 Å². The highest BCUT2D eigenvalue weighted by molar-refractivity contribution is 6.34. The van der Waals surface area contributed by atoms with E-state index in [0.29, 0.717) is 35.9 Å². The molecule has 1 aliphatic heterocycles. The van der Waals surface area contributed by atoms with Gasteiger partial charge < -0.3 is 10.2 Å². The number of anilines is 2. The molecule has 0 atom stereocenters. The third-order valence-electron chi connectivity index (χ3n) is 5.13. The van der Waals surface area contributed by atoms with Gasteiger partial charge in [0.1, 0.15) is 5.82 Å². The van der Waals surface area contributed by atoms with Gasteiger partial charge in [-0.25, -0.2) is 9.18 Å². The van der Waals surface area contributed by atoms with Crippen LogP contribution in [0.4, 0.5) is 20.6 Å². The van der Waals surface area contributed by atoms with Crippen LogP contribution < -0.4 is 10.2 Å². The zero-order chi connectivity index (χ0) is 21.8. The number of nitrogens with one attached hydrogen (secondary N) is 1. The third-order valence-corrected chi connectivity index (χ3v) is 5.46. The first-order chi connectivity index (χ1) is 15.0. The Labute approximate surface area is 185 Å². The van der Waals surface area contributed by atoms with E-state index in [-0.39, 0.29) is 17.8 Å². The average Bonchev–Trinajstić information content (AvgIpc) is 2.76. The Bertz CT molecular complexity index is 1100. The van der Waals surface area contributed by atoms with Crippen molar-refractivity contribution in [2.45, 2.75) is 13.0 Å². The number of hydrogen-bond acceptors (Lipinski definition) is 2. The molecule has 1 N–H and O–H groups in total. The summed E-state index contributed by atoms with van der Waals surface area (Å²) >= 11 is 6.08. The highest BCUT2D eigenvalue weighted by Gasteiger charge is 2.26. The first-order valence-electron chi connectivity index (χ1n) is 9.98. The molecule has 1 saturated heterocycles. The van der Waals surface area contributed by atoms with Crippen molar-refractivity contribution in [1.82, 2.24) is 4.90 Å². The van der Waals surface area contributed by atoms with E-state index in [1.54, 1.807) is 64.4 Å². The molecule has 0 saturated carbocycles. The van der Waals surface area contributed by atoms with Crippen LogP contribution in [0.5, 0.6) is 0 Å². The first kappa shape index (κ1) is 20.9. The summed E-state index contributed by atoms with van der Waals surface area (Å²) in [5, 5.41) is 3.20. The van der Waals surface area contributed by atoms with E-state index in [2.05, 4.69) is 5.32 Å². The van der Waals surface area contributed by atoms with E-state index < -0.39 is 0 Å². The summed E-state index contributed by atoms with van der Waals surface area (Å²) in [5.41, 5.74) is 2.50. The highest BCUT2D eigenvalue weighted by Crippen LogP contribution is 2.24. The van der Waals surface area contributed by atoms with Gasteiger partial charge in [-0.3, -0.25) is 9.69 Å². The van der Waals surface area contributed by atoms with Crippen LogP contribution in [0.2, 0.25) is 5.02 Å². The summed E-state index contributed by atoms with van der Waals surface area (Å²) in [6, 6.07) is 20.1. The maximum Gasteiger partial charge on any atom is 0.324 e. The molecular formula is C24H21ClFN3O2. The number of hydrogen-bond donors (Lipinski definition) is 1. The van der Waals surface area contributed by atoms with Crippen LogP contribution >= 0.6 is 11.6 Å². The van der Waals surface area contributed by atoms with Crippen LogP contribution in [0.15, 0.2) is 72.8 Å². The Morgan fingerprint density at radius 2 is 1.77 bits per heavy atom. The average molecular weight is 438 g/mol. The summed E-state index contributed by atoms with van der Waals surface area (Å²) in [7, 11) is 0. The molecule has 1 fully saturated rings. The molecule has 3 aromatic rings. The van der Waals surface area contributed by atoms with Crippen LogP contribution in [-0.4, -0.2) is 29.9 Å². The van der Waals surface area contributed by atoms with E-state index in [4.69, 9.17) is 11.6 Å². The van der Waals surface area contributed by atoms with Gasteiger partial charge in [0.15, 0.2) is 0 Å². The topological polar surface area (TPSA) is 52.7 Å². The number of urea groups is 1. The first-order valence-corrected chi connectivity index (χ1v) is 10.4.